The van der Waals surface area contributed by atoms with Crippen molar-refractivity contribution in [3.63, 3.8) is 0 Å². The van der Waals surface area contributed by atoms with Gasteiger partial charge in [0.2, 0.25) is 5.96 Å². The molecule has 2 bridgehead atoms. The third kappa shape index (κ3) is 8.36. The van der Waals surface area contributed by atoms with Crippen LogP contribution in [0.2, 0.25) is 0 Å². The van der Waals surface area contributed by atoms with Gasteiger partial charge in [0.25, 0.3) is 0 Å². The van der Waals surface area contributed by atoms with Crippen molar-refractivity contribution in [1.29, 1.82) is 0 Å². The Bertz CT molecular complexity index is 1780. The number of aliphatic hydroxyl groups is 1. The Balaban J connectivity index is 1.38. The lowest BCUT2D eigenvalue weighted by atomic mass is 9.68. The van der Waals surface area contributed by atoms with Crippen LogP contribution in [-0.2, 0) is 21.4 Å². The van der Waals surface area contributed by atoms with E-state index in [0.29, 0.717) is 61.8 Å². The first kappa shape index (κ1) is 39.5. The van der Waals surface area contributed by atoms with Gasteiger partial charge in [-0.2, -0.15) is 0 Å². The molecule has 0 radical (unpaired) electrons. The van der Waals surface area contributed by atoms with Gasteiger partial charge in [-0.15, -0.1) is 0 Å². The number of allylic oxidation sites excluding steroid dienone is 2. The molecular weight excluding hydrogens is 684 g/mol. The van der Waals surface area contributed by atoms with E-state index in [2.05, 4.69) is 39.0 Å². The smallest absolute Gasteiger partial charge is 0.207 e. The molecule has 11 heteroatoms. The van der Waals surface area contributed by atoms with Crippen molar-refractivity contribution < 1.29 is 34.3 Å². The fraction of sp³-hybridized carbons (Fsp3) is 0.581. The van der Waals surface area contributed by atoms with E-state index in [1.807, 2.05) is 37.4 Å². The number of aliphatic imine (C=N–C) groups is 1. The number of phenols is 2. The van der Waals surface area contributed by atoms with Crippen LogP contribution in [0.4, 0.5) is 5.69 Å². The van der Waals surface area contributed by atoms with E-state index >= 15 is 0 Å². The summed E-state index contributed by atoms with van der Waals surface area (Å²) in [7, 11) is 6.61. The molecular formula is C43H58N4O7. The molecule has 2 aromatic carbocycles. The highest BCUT2D eigenvalue weighted by Crippen LogP contribution is 2.52. The van der Waals surface area contributed by atoms with Crippen LogP contribution < -0.4 is 25.4 Å². The topological polar surface area (TPSA) is 154 Å². The lowest BCUT2D eigenvalue weighted by Gasteiger charge is -2.34. The summed E-state index contributed by atoms with van der Waals surface area (Å²) in [6.07, 6.45) is 14.2. The Labute approximate surface area is 320 Å². The highest BCUT2D eigenvalue weighted by atomic mass is 16.6. The predicted octanol–water partition coefficient (Wildman–Crippen LogP) is 6.31. The zero-order valence-corrected chi connectivity index (χ0v) is 32.3. The van der Waals surface area contributed by atoms with Crippen molar-refractivity contribution in [2.24, 2.45) is 22.2 Å². The maximum atomic E-state index is 14.6. The minimum atomic E-state index is -0.830. The van der Waals surface area contributed by atoms with E-state index < -0.39 is 17.3 Å². The number of phenolic OH excluding ortho intramolecular Hbond substituents is 2. The van der Waals surface area contributed by atoms with Gasteiger partial charge in [-0.25, -0.2) is 0 Å². The molecule has 54 heavy (non-hydrogen) atoms. The van der Waals surface area contributed by atoms with Crippen molar-refractivity contribution in [2.45, 2.75) is 107 Å². The monoisotopic (exact) mass is 742 g/mol. The van der Waals surface area contributed by atoms with Gasteiger partial charge < -0.3 is 40.2 Å². The van der Waals surface area contributed by atoms with Crippen molar-refractivity contribution >= 4 is 17.4 Å². The summed E-state index contributed by atoms with van der Waals surface area (Å²) in [6, 6.07) is 12.4. The molecule has 3 aliphatic carbocycles. The van der Waals surface area contributed by atoms with Crippen LogP contribution in [-0.4, -0.2) is 73.8 Å². The van der Waals surface area contributed by atoms with Crippen LogP contribution in [0.1, 0.15) is 94.6 Å². The number of anilines is 1. The number of hydrogen-bond donors (Lipinski definition) is 6. The first-order chi connectivity index (χ1) is 26.1. The normalized spacial score (nSPS) is 27.9. The molecule has 0 aromatic heterocycles. The van der Waals surface area contributed by atoms with Crippen LogP contribution in [0.5, 0.6) is 23.0 Å². The SMILES string of the molecule is CN=C1NC#CCC2CCCC2(Cc2ccc(O)c(OC)c2)C(=O)C=CCC2(CCCC2)c2cc(c(O)c(OC3(CNC)CCC(CC(O)OC)C3)c2)N1. The number of aliphatic hydroxyl groups excluding tert-OH is 1. The van der Waals surface area contributed by atoms with E-state index in [9.17, 15) is 20.1 Å². The predicted molar refractivity (Wildman–Crippen MR) is 210 cm³/mol. The molecule has 6 rings (SSSR count). The lowest BCUT2D eigenvalue weighted by molar-refractivity contribution is -0.125. The number of hydrogen-bond acceptors (Lipinski definition) is 9. The van der Waals surface area contributed by atoms with Crippen molar-refractivity contribution in [1.82, 2.24) is 10.6 Å². The van der Waals surface area contributed by atoms with Crippen LogP contribution in [0, 0.1) is 29.2 Å². The van der Waals surface area contributed by atoms with Gasteiger partial charge in [0.15, 0.2) is 35.1 Å². The Morgan fingerprint density at radius 2 is 1.87 bits per heavy atom. The van der Waals surface area contributed by atoms with Gasteiger partial charge in [-0.3, -0.25) is 15.1 Å². The minimum Gasteiger partial charge on any atom is -0.504 e. The number of guanidine groups is 1. The maximum Gasteiger partial charge on any atom is 0.207 e. The Morgan fingerprint density at radius 3 is 2.61 bits per heavy atom. The molecule has 3 saturated carbocycles. The molecule has 0 amide bonds. The fourth-order valence-electron chi connectivity index (χ4n) is 9.76. The van der Waals surface area contributed by atoms with Crippen LogP contribution in [0.15, 0.2) is 47.5 Å². The second-order valence-electron chi connectivity index (χ2n) is 15.9. The number of ketones is 1. The highest BCUT2D eigenvalue weighted by Gasteiger charge is 2.48. The van der Waals surface area contributed by atoms with Crippen molar-refractivity contribution in [3.05, 3.63) is 53.6 Å². The Morgan fingerprint density at radius 1 is 1.06 bits per heavy atom. The Kier molecular flexibility index (Phi) is 12.5. The first-order valence-corrected chi connectivity index (χ1v) is 19.5. The number of carbonyl (C=O) groups is 1. The van der Waals surface area contributed by atoms with Gasteiger partial charge in [0, 0.05) is 45.0 Å². The average molecular weight is 743 g/mol. The van der Waals surface area contributed by atoms with E-state index in [-0.39, 0.29) is 34.5 Å². The van der Waals surface area contributed by atoms with E-state index in [0.717, 1.165) is 68.9 Å². The number of fused-ring (bicyclic) bond motifs is 4. The number of methoxy groups -OCH3 is 2. The molecule has 3 fully saturated rings. The molecule has 0 saturated heterocycles. The summed E-state index contributed by atoms with van der Waals surface area (Å²) < 4.78 is 17.5. The summed E-state index contributed by atoms with van der Waals surface area (Å²) >= 11 is 0. The molecule has 1 heterocycles. The van der Waals surface area contributed by atoms with Gasteiger partial charge in [0.1, 0.15) is 5.60 Å². The van der Waals surface area contributed by atoms with Gasteiger partial charge in [0.05, 0.1) is 12.8 Å². The third-order valence-electron chi connectivity index (χ3n) is 12.6. The summed E-state index contributed by atoms with van der Waals surface area (Å²) in [4.78, 5) is 19.0. The number of ether oxygens (including phenoxy) is 3. The molecule has 1 spiro atoms. The molecule has 11 nitrogen and oxygen atoms in total. The standard InChI is InChI=1S/C43H58N4O7/c1-44-28-42(20-15-30(26-42)23-38(50)53-4)54-36-25-32-24-33(39(36)51)47-40(45-2)46-21-9-11-31-10-7-19-43(31,27-29-13-14-34(48)35(22-29)52-3)37(49)12-8-18-41(32)16-5-6-17-41/h8,12-14,22,24-25,30-31,38,44,48,50-51H,5-7,10-11,15-20,23,26-28H2,1-4H3,(H2,45,46,47). The first-order valence-electron chi connectivity index (χ1n) is 19.5. The lowest BCUT2D eigenvalue weighted by Crippen LogP contribution is -2.43. The number of nitrogens with one attached hydrogen (secondary N) is 3. The fourth-order valence-corrected chi connectivity index (χ4v) is 9.76. The number of benzene rings is 2. The number of likely N-dealkylation sites (N-methyl/N-ethyl adjacent to an activating group) is 1. The van der Waals surface area contributed by atoms with Gasteiger partial charge in [-0.1, -0.05) is 37.3 Å². The number of aromatic hydroxyl groups is 2. The summed E-state index contributed by atoms with van der Waals surface area (Å²) in [5.74, 6) is 4.89. The van der Waals surface area contributed by atoms with Gasteiger partial charge in [-0.05, 0) is 124 Å². The molecule has 292 valence electrons. The van der Waals surface area contributed by atoms with E-state index in [1.165, 1.54) is 14.2 Å². The van der Waals surface area contributed by atoms with Crippen molar-refractivity contribution in [3.8, 4) is 35.0 Å². The van der Waals surface area contributed by atoms with E-state index in [4.69, 9.17) is 14.2 Å². The van der Waals surface area contributed by atoms with E-state index in [1.54, 1.807) is 13.1 Å². The largest absolute Gasteiger partial charge is 0.504 e. The Hall–Kier alpha value is -4.24. The highest BCUT2D eigenvalue weighted by molar-refractivity contribution is 5.97. The molecule has 2 aromatic rings. The zero-order valence-electron chi connectivity index (χ0n) is 32.3. The molecule has 6 N–H and O–H groups in total. The summed E-state index contributed by atoms with van der Waals surface area (Å²) in [6.45, 7) is 0.577. The average Bonchev–Trinajstić information content (AvgIpc) is 3.91. The quantitative estimate of drug-likeness (QED) is 0.0928. The summed E-state index contributed by atoms with van der Waals surface area (Å²) in [5.41, 5.74) is 0.953. The molecule has 5 atom stereocenters. The zero-order chi connectivity index (χ0) is 38.3. The number of rotatable bonds is 10. The molecule has 1 aliphatic heterocycles. The molecule has 4 aliphatic rings. The number of nitrogens with zero attached hydrogens (tertiary/aromatic N) is 1. The van der Waals surface area contributed by atoms with Gasteiger partial charge >= 0.3 is 0 Å². The van der Waals surface area contributed by atoms with Crippen molar-refractivity contribution in [2.75, 3.05) is 40.2 Å². The second kappa shape index (κ2) is 17.1. The minimum absolute atomic E-state index is 0.00732. The van der Waals surface area contributed by atoms with Crippen LogP contribution in [0.3, 0.4) is 0 Å². The summed E-state index contributed by atoms with van der Waals surface area (Å²) in [5, 5.41) is 42.1. The molecule has 5 unspecified atom stereocenters. The number of carbonyl (C=O) groups excluding carboxylic acids is 1. The second-order valence-corrected chi connectivity index (χ2v) is 15.9. The third-order valence-corrected chi connectivity index (χ3v) is 12.6. The van der Waals surface area contributed by atoms with Crippen LogP contribution >= 0.6 is 0 Å². The van der Waals surface area contributed by atoms with Crippen LogP contribution in [0.25, 0.3) is 0 Å². The maximum absolute atomic E-state index is 14.6.